The van der Waals surface area contributed by atoms with Crippen molar-refractivity contribution in [1.82, 2.24) is 14.8 Å². The normalized spacial score (nSPS) is 18.1. The molecule has 6 rings (SSSR count). The van der Waals surface area contributed by atoms with Crippen molar-refractivity contribution in [3.05, 3.63) is 89.6 Å². The molecule has 2 fully saturated rings. The molecule has 1 aliphatic carbocycles. The van der Waals surface area contributed by atoms with Crippen molar-refractivity contribution in [2.24, 2.45) is 5.92 Å². The molecule has 0 spiro atoms. The number of carbonyl (C=O) groups excluding carboxylic acids is 1. The minimum Gasteiger partial charge on any atom is -0.497 e. The number of nitrogens with one attached hydrogen (secondary N) is 1. The molecule has 2 atom stereocenters. The van der Waals surface area contributed by atoms with Gasteiger partial charge in [-0.2, -0.15) is 0 Å². The minimum absolute atomic E-state index is 0.121. The van der Waals surface area contributed by atoms with E-state index in [2.05, 4.69) is 57.4 Å². The number of rotatable bonds is 14. The molecule has 45 heavy (non-hydrogen) atoms. The second kappa shape index (κ2) is 14.4. The number of hydrogen-bond donors (Lipinski definition) is 1. The summed E-state index contributed by atoms with van der Waals surface area (Å²) in [5.74, 6) is 2.49. The first kappa shape index (κ1) is 31.0. The Balaban J connectivity index is 1.20. The van der Waals surface area contributed by atoms with E-state index in [1.807, 2.05) is 30.3 Å². The van der Waals surface area contributed by atoms with E-state index in [1.165, 1.54) is 16.5 Å². The second-order valence-corrected chi connectivity index (χ2v) is 12.2. The molecule has 4 aromatic rings. The van der Waals surface area contributed by atoms with Crippen LogP contribution in [0.5, 0.6) is 17.2 Å². The van der Waals surface area contributed by atoms with Crippen LogP contribution >= 0.6 is 0 Å². The van der Waals surface area contributed by atoms with Gasteiger partial charge in [0.2, 0.25) is 5.91 Å². The SMILES string of the molecule is COCCCn1cc(CN(C(=O)[C@H]2CNCC[C@@H]2c2cccc(OCc3cc(OC)cc(OC)c3)c2)C2CC2)c2ccccc21. The molecular formula is C37H45N3O5. The van der Waals surface area contributed by atoms with Crippen LogP contribution in [0.1, 0.15) is 48.3 Å². The molecule has 1 aromatic heterocycles. The molecule has 2 aliphatic rings. The van der Waals surface area contributed by atoms with Crippen molar-refractivity contribution in [3.8, 4) is 17.2 Å². The number of nitrogens with zero attached hydrogens (tertiary/aromatic N) is 2. The Bertz CT molecular complexity index is 1570. The maximum absolute atomic E-state index is 14.4. The number of fused-ring (bicyclic) bond motifs is 1. The lowest BCUT2D eigenvalue weighted by molar-refractivity contribution is -0.138. The van der Waals surface area contributed by atoms with Crippen molar-refractivity contribution < 1.29 is 23.7 Å². The fraction of sp³-hybridized carbons (Fsp3) is 0.432. The van der Waals surface area contributed by atoms with E-state index in [9.17, 15) is 4.79 Å². The van der Waals surface area contributed by atoms with Crippen LogP contribution in [0.4, 0.5) is 0 Å². The van der Waals surface area contributed by atoms with Gasteiger partial charge < -0.3 is 33.7 Å². The monoisotopic (exact) mass is 611 g/mol. The number of piperidine rings is 1. The number of hydrogen-bond acceptors (Lipinski definition) is 6. The lowest BCUT2D eigenvalue weighted by Crippen LogP contribution is -2.47. The second-order valence-electron chi connectivity index (χ2n) is 12.2. The average Bonchev–Trinajstić information content (AvgIpc) is 3.88. The molecule has 1 saturated heterocycles. The fourth-order valence-corrected chi connectivity index (χ4v) is 6.65. The van der Waals surface area contributed by atoms with Gasteiger partial charge >= 0.3 is 0 Å². The van der Waals surface area contributed by atoms with E-state index in [0.717, 1.165) is 73.8 Å². The molecule has 0 radical (unpaired) electrons. The molecule has 1 aliphatic heterocycles. The number of methoxy groups -OCH3 is 3. The maximum Gasteiger partial charge on any atom is 0.228 e. The maximum atomic E-state index is 14.4. The summed E-state index contributed by atoms with van der Waals surface area (Å²) in [4.78, 5) is 16.6. The van der Waals surface area contributed by atoms with Gasteiger partial charge in [-0.1, -0.05) is 30.3 Å². The lowest BCUT2D eigenvalue weighted by Gasteiger charge is -2.36. The highest BCUT2D eigenvalue weighted by Gasteiger charge is 2.40. The van der Waals surface area contributed by atoms with E-state index in [4.69, 9.17) is 18.9 Å². The molecule has 3 aromatic carbocycles. The molecule has 0 bridgehead atoms. The van der Waals surface area contributed by atoms with Crippen LogP contribution in [0.15, 0.2) is 72.9 Å². The molecule has 238 valence electrons. The fourth-order valence-electron chi connectivity index (χ4n) is 6.65. The van der Waals surface area contributed by atoms with Gasteiger partial charge in [-0.25, -0.2) is 0 Å². The third-order valence-electron chi connectivity index (χ3n) is 9.13. The summed E-state index contributed by atoms with van der Waals surface area (Å²) in [6.45, 7) is 4.22. The number of para-hydroxylation sites is 1. The first-order valence-electron chi connectivity index (χ1n) is 16.1. The van der Waals surface area contributed by atoms with Gasteiger partial charge in [0.15, 0.2) is 0 Å². The number of aryl methyl sites for hydroxylation is 1. The van der Waals surface area contributed by atoms with Crippen molar-refractivity contribution in [1.29, 1.82) is 0 Å². The van der Waals surface area contributed by atoms with Gasteiger partial charge in [0, 0.05) is 62.6 Å². The van der Waals surface area contributed by atoms with Crippen LogP contribution in [-0.2, 0) is 29.2 Å². The molecule has 1 amide bonds. The van der Waals surface area contributed by atoms with E-state index >= 15 is 0 Å². The van der Waals surface area contributed by atoms with Gasteiger partial charge in [-0.05, 0) is 85.2 Å². The molecular weight excluding hydrogens is 566 g/mol. The number of carbonyl (C=O) groups is 1. The highest BCUT2D eigenvalue weighted by Crippen LogP contribution is 2.38. The highest BCUT2D eigenvalue weighted by molar-refractivity contribution is 5.85. The number of benzene rings is 3. The first-order valence-corrected chi connectivity index (χ1v) is 16.1. The van der Waals surface area contributed by atoms with Crippen LogP contribution < -0.4 is 19.5 Å². The summed E-state index contributed by atoms with van der Waals surface area (Å²) in [5.41, 5.74) is 4.55. The predicted octanol–water partition coefficient (Wildman–Crippen LogP) is 6.16. The van der Waals surface area contributed by atoms with Crippen LogP contribution in [0.25, 0.3) is 10.9 Å². The van der Waals surface area contributed by atoms with Crippen LogP contribution in [0.3, 0.4) is 0 Å². The average molecular weight is 612 g/mol. The van der Waals surface area contributed by atoms with E-state index in [1.54, 1.807) is 21.3 Å². The smallest absolute Gasteiger partial charge is 0.228 e. The van der Waals surface area contributed by atoms with Crippen molar-refractivity contribution in [2.45, 2.75) is 57.3 Å². The number of aromatic nitrogens is 1. The molecule has 8 heteroatoms. The van der Waals surface area contributed by atoms with Gasteiger partial charge in [0.05, 0.1) is 20.1 Å². The molecule has 1 saturated carbocycles. The zero-order chi connectivity index (χ0) is 31.2. The Kier molecular flexibility index (Phi) is 9.91. The number of amides is 1. The van der Waals surface area contributed by atoms with E-state index in [-0.39, 0.29) is 17.7 Å². The topological polar surface area (TPSA) is 74.2 Å². The van der Waals surface area contributed by atoms with E-state index in [0.29, 0.717) is 25.7 Å². The largest absolute Gasteiger partial charge is 0.497 e. The van der Waals surface area contributed by atoms with Crippen molar-refractivity contribution >= 4 is 16.8 Å². The summed E-state index contributed by atoms with van der Waals surface area (Å²) >= 11 is 0. The molecule has 0 unspecified atom stereocenters. The third-order valence-corrected chi connectivity index (χ3v) is 9.13. The zero-order valence-corrected chi connectivity index (χ0v) is 26.7. The Morgan fingerprint density at radius 2 is 1.73 bits per heavy atom. The Hall–Kier alpha value is -4.01. The lowest BCUT2D eigenvalue weighted by atomic mass is 9.80. The molecule has 2 heterocycles. The van der Waals surface area contributed by atoms with Crippen LogP contribution in [0.2, 0.25) is 0 Å². The molecule has 1 N–H and O–H groups in total. The third kappa shape index (κ3) is 7.29. The zero-order valence-electron chi connectivity index (χ0n) is 26.7. The minimum atomic E-state index is -0.132. The Morgan fingerprint density at radius 3 is 2.49 bits per heavy atom. The van der Waals surface area contributed by atoms with E-state index < -0.39 is 0 Å². The molecule has 8 nitrogen and oxygen atoms in total. The van der Waals surface area contributed by atoms with Crippen LogP contribution in [0, 0.1) is 5.92 Å². The summed E-state index contributed by atoms with van der Waals surface area (Å²) < 4.78 is 24.7. The van der Waals surface area contributed by atoms with Gasteiger partial charge in [-0.15, -0.1) is 0 Å². The quantitative estimate of drug-likeness (QED) is 0.172. The summed E-state index contributed by atoms with van der Waals surface area (Å²) in [6, 6.07) is 22.9. The Labute approximate surface area is 266 Å². The van der Waals surface area contributed by atoms with Crippen LogP contribution in [-0.4, -0.2) is 62.4 Å². The summed E-state index contributed by atoms with van der Waals surface area (Å²) in [5, 5.41) is 4.75. The summed E-state index contributed by atoms with van der Waals surface area (Å²) in [6.07, 6.45) is 6.25. The number of ether oxygens (including phenoxy) is 4. The predicted molar refractivity (Wildman–Crippen MR) is 176 cm³/mol. The standard InChI is InChI=1S/C37H45N3O5/c1-42-17-7-16-39-23-28(34-10-4-5-11-36(34)39)24-40(29-12-13-29)37(41)35-22-38-15-14-33(35)27-8-6-9-30(20-27)45-25-26-18-31(43-2)21-32(19-26)44-3/h4-6,8-11,18-21,23,29,33,35,38H,7,12-17,22,24-25H2,1-3H3/t33-,35+/m1/s1. The summed E-state index contributed by atoms with van der Waals surface area (Å²) in [7, 11) is 5.04. The van der Waals surface area contributed by atoms with Gasteiger partial charge in [-0.3, -0.25) is 4.79 Å². The first-order chi connectivity index (χ1) is 22.1. The van der Waals surface area contributed by atoms with Crippen molar-refractivity contribution in [3.63, 3.8) is 0 Å². The highest BCUT2D eigenvalue weighted by atomic mass is 16.5. The Morgan fingerprint density at radius 1 is 0.933 bits per heavy atom. The van der Waals surface area contributed by atoms with Gasteiger partial charge in [0.1, 0.15) is 23.9 Å². The van der Waals surface area contributed by atoms with Gasteiger partial charge in [0.25, 0.3) is 0 Å². The van der Waals surface area contributed by atoms with Crippen molar-refractivity contribution in [2.75, 3.05) is 41.0 Å².